The molecule has 50 valence electrons. The number of nitrogens with zero attached hydrogens (tertiary/aromatic N) is 3. The minimum Gasteiger partial charge on any atom is -0.328 e. The van der Waals surface area contributed by atoms with E-state index in [-0.39, 0.29) is 6.54 Å². The van der Waals surface area contributed by atoms with Crippen molar-refractivity contribution in [2.75, 3.05) is 6.54 Å². The molecule has 1 atom stereocenters. The Labute approximate surface area is 51.4 Å². The van der Waals surface area contributed by atoms with Crippen molar-refractivity contribution in [1.29, 1.82) is 0 Å². The summed E-state index contributed by atoms with van der Waals surface area (Å²) < 4.78 is 0. The average molecular weight is 129 g/mol. The summed E-state index contributed by atoms with van der Waals surface area (Å²) in [5, 5.41) is 2.73. The highest BCUT2D eigenvalue weighted by Crippen LogP contribution is 1.80. The molecular formula is C3H7N5O. The van der Waals surface area contributed by atoms with Gasteiger partial charge in [0.15, 0.2) is 0 Å². The van der Waals surface area contributed by atoms with Gasteiger partial charge in [-0.3, -0.25) is 4.79 Å². The normalized spacial score (nSPS) is 11.8. The van der Waals surface area contributed by atoms with Gasteiger partial charge < -0.3 is 11.5 Å². The third-order valence-corrected chi connectivity index (χ3v) is 0.714. The van der Waals surface area contributed by atoms with Crippen LogP contribution in [0.4, 0.5) is 0 Å². The van der Waals surface area contributed by atoms with E-state index in [1.807, 2.05) is 0 Å². The van der Waals surface area contributed by atoms with Crippen LogP contribution in [0.5, 0.6) is 0 Å². The number of carbonyl (C=O) groups is 1. The number of azide groups is 1. The second-order valence-corrected chi connectivity index (χ2v) is 1.37. The van der Waals surface area contributed by atoms with Crippen molar-refractivity contribution in [2.45, 2.75) is 6.04 Å². The maximum absolute atomic E-state index is 10.3. The fourth-order valence-electron chi connectivity index (χ4n) is 0.219. The van der Waals surface area contributed by atoms with Gasteiger partial charge in [-0.25, -0.2) is 0 Å². The zero-order valence-electron chi connectivity index (χ0n) is 4.69. The largest absolute Gasteiger partial charge is 0.328 e. The van der Waals surface area contributed by atoms with Crippen molar-refractivity contribution in [1.82, 2.24) is 0 Å². The van der Waals surface area contributed by atoms with Crippen LogP contribution < -0.4 is 11.5 Å². The Morgan fingerprint density at radius 3 is 2.78 bits per heavy atom. The number of rotatable bonds is 2. The molecule has 0 aromatic rings. The molecule has 0 aromatic heterocycles. The molecule has 0 aliphatic heterocycles. The third kappa shape index (κ3) is 2.65. The van der Waals surface area contributed by atoms with Crippen LogP contribution in [0.3, 0.4) is 0 Å². The fourth-order valence-corrected chi connectivity index (χ4v) is 0.219. The Morgan fingerprint density at radius 2 is 2.44 bits per heavy atom. The van der Waals surface area contributed by atoms with Crippen molar-refractivity contribution in [3.05, 3.63) is 10.4 Å². The molecule has 1 amide bonds. The highest BCUT2D eigenvalue weighted by Gasteiger charge is 2.06. The highest BCUT2D eigenvalue weighted by atomic mass is 16.2. The van der Waals surface area contributed by atoms with Gasteiger partial charge in [0.1, 0.15) is 0 Å². The number of carbonyl (C=O) groups excluding carboxylic acids is 1. The molecule has 0 heterocycles. The number of hydrogen-bond donors (Lipinski definition) is 2. The van der Waals surface area contributed by atoms with E-state index in [4.69, 9.17) is 17.0 Å². The first kappa shape index (κ1) is 7.90. The Hall–Kier alpha value is -1.10. The molecule has 9 heavy (non-hydrogen) atoms. The van der Waals surface area contributed by atoms with E-state index in [2.05, 4.69) is 10.0 Å². The second-order valence-electron chi connectivity index (χ2n) is 1.37. The lowest BCUT2D eigenvalue weighted by Gasteiger charge is -1.98. The van der Waals surface area contributed by atoms with Crippen LogP contribution in [0, 0.1) is 0 Å². The summed E-state index contributed by atoms with van der Waals surface area (Å²) in [6, 6.07) is -0.860. The van der Waals surface area contributed by atoms with E-state index in [9.17, 15) is 4.79 Å². The Morgan fingerprint density at radius 1 is 1.89 bits per heavy atom. The van der Waals surface area contributed by atoms with E-state index in [1.165, 1.54) is 0 Å². The van der Waals surface area contributed by atoms with Crippen molar-refractivity contribution in [3.8, 4) is 0 Å². The number of amides is 1. The van der Waals surface area contributed by atoms with Gasteiger partial charge in [-0.1, -0.05) is 0 Å². The molecule has 0 rings (SSSR count). The highest BCUT2D eigenvalue weighted by molar-refractivity contribution is 5.82. The van der Waals surface area contributed by atoms with Gasteiger partial charge in [-0.05, 0) is 10.6 Å². The summed E-state index contributed by atoms with van der Waals surface area (Å²) in [5.74, 6) is -0.722. The van der Waals surface area contributed by atoms with Gasteiger partial charge >= 0.3 is 0 Å². The quantitative estimate of drug-likeness (QED) is 0.286. The van der Waals surface area contributed by atoms with Crippen LogP contribution in [0.15, 0.2) is 5.11 Å². The molecule has 0 saturated heterocycles. The number of hydrogen-bond acceptors (Lipinski definition) is 3. The summed E-state index contributed by atoms with van der Waals surface area (Å²) in [7, 11) is 0. The average Bonchev–Trinajstić information content (AvgIpc) is 1.87. The lowest BCUT2D eigenvalue weighted by Crippen LogP contribution is -2.36. The zero-order valence-corrected chi connectivity index (χ0v) is 4.69. The molecule has 0 bridgehead atoms. The van der Waals surface area contributed by atoms with E-state index in [0.717, 1.165) is 0 Å². The summed E-state index contributed by atoms with van der Waals surface area (Å²) >= 11 is 0. The van der Waals surface area contributed by atoms with Crippen molar-refractivity contribution >= 4 is 5.91 Å². The summed E-state index contributed by atoms with van der Waals surface area (Å²) in [5.41, 5.74) is 17.8. The third-order valence-electron chi connectivity index (χ3n) is 0.714. The van der Waals surface area contributed by atoms with Crippen LogP contribution >= 0.6 is 0 Å². The van der Waals surface area contributed by atoms with Gasteiger partial charge in [0.25, 0.3) is 0 Å². The number of nitrogens with two attached hydrogens (primary N) is 2. The summed E-state index contributed by atoms with van der Waals surface area (Å²) in [6.45, 7) is -0.00213. The van der Waals surface area contributed by atoms with Crippen LogP contribution in [0.25, 0.3) is 10.4 Å². The molecule has 0 aliphatic carbocycles. The summed E-state index contributed by atoms with van der Waals surface area (Å²) in [6.07, 6.45) is 0. The topological polar surface area (TPSA) is 118 Å². The van der Waals surface area contributed by atoms with Gasteiger partial charge in [0.2, 0.25) is 5.91 Å². The maximum Gasteiger partial charge on any atom is 0.236 e. The van der Waals surface area contributed by atoms with Crippen molar-refractivity contribution in [2.24, 2.45) is 16.6 Å². The molecule has 4 N–H and O–H groups in total. The molecule has 6 heteroatoms. The molecule has 0 aliphatic rings. The fraction of sp³-hybridized carbons (Fsp3) is 0.667. The molecular weight excluding hydrogens is 122 g/mol. The molecule has 0 saturated carbocycles. The van der Waals surface area contributed by atoms with Crippen LogP contribution in [-0.4, -0.2) is 18.5 Å². The van der Waals surface area contributed by atoms with Gasteiger partial charge in [-0.15, -0.1) is 0 Å². The molecule has 0 aromatic carbocycles. The van der Waals surface area contributed by atoms with Crippen LogP contribution in [-0.2, 0) is 4.79 Å². The minimum absolute atomic E-state index is 0.00213. The lowest BCUT2D eigenvalue weighted by molar-refractivity contribution is -0.118. The van der Waals surface area contributed by atoms with Gasteiger partial charge in [0.05, 0.1) is 6.04 Å². The first-order chi connectivity index (χ1) is 4.22. The predicted octanol–water partition coefficient (Wildman–Crippen LogP) is -0.891. The Balaban J connectivity index is 3.87. The lowest BCUT2D eigenvalue weighted by atomic mass is 10.3. The standard InChI is InChI=1S/C3H7N5O/c4-1-2(5)3(9)7-8-6/h2H,1,4-5H2/t2-/m0/s1. The minimum atomic E-state index is -0.860. The van der Waals surface area contributed by atoms with Gasteiger partial charge in [-0.2, -0.15) is 0 Å². The first-order valence-corrected chi connectivity index (χ1v) is 2.27. The van der Waals surface area contributed by atoms with Crippen LogP contribution in [0.2, 0.25) is 0 Å². The molecule has 0 unspecified atom stereocenters. The van der Waals surface area contributed by atoms with E-state index < -0.39 is 11.9 Å². The van der Waals surface area contributed by atoms with E-state index in [0.29, 0.717) is 0 Å². The monoisotopic (exact) mass is 129 g/mol. The van der Waals surface area contributed by atoms with Crippen molar-refractivity contribution < 1.29 is 4.79 Å². The van der Waals surface area contributed by atoms with Gasteiger partial charge in [0, 0.05) is 11.5 Å². The molecule has 0 radical (unpaired) electrons. The molecule has 0 fully saturated rings. The molecule has 6 nitrogen and oxygen atoms in total. The molecule has 0 spiro atoms. The Bertz CT molecular complexity index is 148. The zero-order chi connectivity index (χ0) is 7.28. The smallest absolute Gasteiger partial charge is 0.236 e. The summed E-state index contributed by atoms with van der Waals surface area (Å²) in [4.78, 5) is 12.6. The van der Waals surface area contributed by atoms with Crippen molar-refractivity contribution in [3.63, 3.8) is 0 Å². The Kier molecular flexibility index (Phi) is 3.38. The SMILES string of the molecule is [N-]=[N+]=NC(=O)[C@@H](N)CN. The first-order valence-electron chi connectivity index (χ1n) is 2.27. The predicted molar refractivity (Wildman–Crippen MR) is 31.2 cm³/mol. The van der Waals surface area contributed by atoms with Crippen LogP contribution in [0.1, 0.15) is 0 Å². The second kappa shape index (κ2) is 3.85. The van der Waals surface area contributed by atoms with E-state index in [1.54, 1.807) is 0 Å². The maximum atomic E-state index is 10.3. The van der Waals surface area contributed by atoms with E-state index >= 15 is 0 Å².